The van der Waals surface area contributed by atoms with E-state index in [9.17, 15) is 32.8 Å². The maximum Gasteiger partial charge on any atom is 0.486 e. The molecule has 0 radical (unpaired) electrons. The summed E-state index contributed by atoms with van der Waals surface area (Å²) < 4.78 is 53.1. The molecule has 0 aliphatic carbocycles. The van der Waals surface area contributed by atoms with Crippen molar-refractivity contribution < 1.29 is 31.8 Å². The van der Waals surface area contributed by atoms with E-state index in [1.54, 1.807) is 13.8 Å². The number of alkyl halides is 3. The highest BCUT2D eigenvalue weighted by atomic mass is 19.4. The first kappa shape index (κ1) is 18.6. The Hall–Kier alpha value is -3.23. The quantitative estimate of drug-likeness (QED) is 0.297. The lowest BCUT2D eigenvalue weighted by Gasteiger charge is -2.14. The molecule has 0 bridgehead atoms. The van der Waals surface area contributed by atoms with Crippen LogP contribution in [0.3, 0.4) is 0 Å². The van der Waals surface area contributed by atoms with Gasteiger partial charge in [0.2, 0.25) is 0 Å². The van der Waals surface area contributed by atoms with Crippen molar-refractivity contribution in [2.24, 2.45) is 0 Å². The van der Waals surface area contributed by atoms with Crippen LogP contribution in [-0.2, 0) is 6.18 Å². The molecule has 0 saturated heterocycles. The van der Waals surface area contributed by atoms with Crippen molar-refractivity contribution >= 4 is 16.8 Å². The Morgan fingerprint density at radius 2 is 1.59 bits per heavy atom. The number of hydrogen-bond donors (Lipinski definition) is 0. The minimum atomic E-state index is -5.28. The van der Waals surface area contributed by atoms with Crippen LogP contribution < -0.4 is 9.46 Å². The number of ketones is 1. The van der Waals surface area contributed by atoms with E-state index in [0.29, 0.717) is 11.6 Å². The third kappa shape index (κ3) is 3.05. The summed E-state index contributed by atoms with van der Waals surface area (Å²) >= 11 is 0. The molecule has 27 heavy (non-hydrogen) atoms. The molecule has 0 saturated carbocycles. The van der Waals surface area contributed by atoms with Gasteiger partial charge < -0.3 is 10.4 Å². The Morgan fingerprint density at radius 3 is 2.19 bits per heavy atom. The summed E-state index contributed by atoms with van der Waals surface area (Å²) in [6, 6.07) is 6.21. The second kappa shape index (κ2) is 6.19. The van der Waals surface area contributed by atoms with Crippen molar-refractivity contribution in [3.63, 3.8) is 0 Å². The van der Waals surface area contributed by atoms with Gasteiger partial charge in [-0.1, -0.05) is 12.1 Å². The Balaban J connectivity index is 2.41. The van der Waals surface area contributed by atoms with E-state index in [1.807, 2.05) is 0 Å². The van der Waals surface area contributed by atoms with Gasteiger partial charge in [0.1, 0.15) is 5.82 Å². The fourth-order valence-electron chi connectivity index (χ4n) is 2.73. The summed E-state index contributed by atoms with van der Waals surface area (Å²) in [6.07, 6.45) is -5.28. The van der Waals surface area contributed by atoms with E-state index in [4.69, 9.17) is 0 Å². The summed E-state index contributed by atoms with van der Waals surface area (Å²) in [5.74, 6) is -2.22. The molecule has 140 valence electrons. The summed E-state index contributed by atoms with van der Waals surface area (Å²) in [6.45, 7) is 3.38. The minimum Gasteiger partial charge on any atom is -0.618 e. The average molecular weight is 380 g/mol. The van der Waals surface area contributed by atoms with Crippen LogP contribution in [0.25, 0.3) is 11.0 Å². The number of hydrogen-bond acceptors (Lipinski definition) is 3. The Bertz CT molecular complexity index is 1090. The topological polar surface area (TPSA) is 71.0 Å². The van der Waals surface area contributed by atoms with Gasteiger partial charge in [-0.2, -0.15) is 17.9 Å². The zero-order valence-electron chi connectivity index (χ0n) is 14.1. The third-order valence-electron chi connectivity index (χ3n) is 4.26. The van der Waals surface area contributed by atoms with E-state index in [1.165, 1.54) is 18.2 Å². The fourth-order valence-corrected chi connectivity index (χ4v) is 2.73. The van der Waals surface area contributed by atoms with Crippen LogP contribution in [-0.4, -0.2) is 5.78 Å². The largest absolute Gasteiger partial charge is 0.618 e. The molecule has 0 unspecified atom stereocenters. The van der Waals surface area contributed by atoms with Crippen LogP contribution in [0.15, 0.2) is 36.4 Å². The highest BCUT2D eigenvalue weighted by Gasteiger charge is 2.51. The van der Waals surface area contributed by atoms with Crippen LogP contribution in [0.1, 0.15) is 32.9 Å². The Morgan fingerprint density at radius 1 is 0.926 bits per heavy atom. The molecule has 0 spiro atoms. The molecule has 5 nitrogen and oxygen atoms in total. The lowest BCUT2D eigenvalue weighted by Crippen LogP contribution is -2.50. The molecule has 0 atom stereocenters. The van der Waals surface area contributed by atoms with Crippen molar-refractivity contribution in [3.8, 4) is 0 Å². The molecule has 3 rings (SSSR count). The van der Waals surface area contributed by atoms with Crippen LogP contribution in [0.2, 0.25) is 0 Å². The van der Waals surface area contributed by atoms with Crippen LogP contribution in [0, 0.1) is 30.1 Å². The van der Waals surface area contributed by atoms with Crippen LogP contribution >= 0.6 is 0 Å². The summed E-state index contributed by atoms with van der Waals surface area (Å²) in [5.41, 5.74) is -3.51. The van der Waals surface area contributed by atoms with Crippen molar-refractivity contribution in [1.82, 2.24) is 0 Å². The van der Waals surface area contributed by atoms with Gasteiger partial charge in [-0.05, 0) is 37.1 Å². The molecule has 1 heterocycles. The molecule has 1 aromatic heterocycles. The summed E-state index contributed by atoms with van der Waals surface area (Å²) in [4.78, 5) is 12.7. The van der Waals surface area contributed by atoms with Gasteiger partial charge in [-0.25, -0.2) is 4.39 Å². The second-order valence-corrected chi connectivity index (χ2v) is 6.04. The molecular weight excluding hydrogens is 368 g/mol. The van der Waals surface area contributed by atoms with Gasteiger partial charge in [0.05, 0.1) is 6.07 Å². The molecule has 0 aliphatic rings. The average Bonchev–Trinajstić information content (AvgIpc) is 2.58. The second-order valence-electron chi connectivity index (χ2n) is 6.04. The summed E-state index contributed by atoms with van der Waals surface area (Å²) in [7, 11) is 0. The smallest absolute Gasteiger partial charge is 0.486 e. The van der Waals surface area contributed by atoms with E-state index >= 15 is 0 Å². The standard InChI is InChI=1S/C18H12F4N2O3/c1-9-3-4-11(7-10(9)2)16(25)15-17(18(20,21)22)24(27)13-6-5-12(19)8-14(13)23(15)26/h3-8H,1-2H3. The Labute approximate surface area is 150 Å². The van der Waals surface area contributed by atoms with Gasteiger partial charge in [0, 0.05) is 11.6 Å². The molecule has 0 amide bonds. The predicted octanol–water partition coefficient (Wildman–Crippen LogP) is 3.11. The molecule has 0 fully saturated rings. The molecule has 0 N–H and O–H groups in total. The van der Waals surface area contributed by atoms with Crippen molar-refractivity contribution in [3.05, 3.63) is 80.7 Å². The van der Waals surface area contributed by atoms with Crippen LogP contribution in [0.5, 0.6) is 0 Å². The number of benzene rings is 2. The van der Waals surface area contributed by atoms with E-state index in [2.05, 4.69) is 0 Å². The first-order valence-electron chi connectivity index (χ1n) is 7.70. The van der Waals surface area contributed by atoms with E-state index < -0.39 is 44.9 Å². The van der Waals surface area contributed by atoms with Gasteiger partial charge in [-0.3, -0.25) is 4.79 Å². The molecular formula is C18H12F4N2O3. The van der Waals surface area contributed by atoms with Gasteiger partial charge in [-0.15, -0.1) is 4.73 Å². The zero-order valence-corrected chi connectivity index (χ0v) is 14.1. The Kier molecular flexibility index (Phi) is 4.25. The van der Waals surface area contributed by atoms with Crippen molar-refractivity contribution in [2.45, 2.75) is 20.0 Å². The summed E-state index contributed by atoms with van der Waals surface area (Å²) in [5, 5.41) is 24.8. The minimum absolute atomic E-state index is 0.191. The number of fused-ring (bicyclic) bond motifs is 1. The van der Waals surface area contributed by atoms with Crippen molar-refractivity contribution in [2.75, 3.05) is 0 Å². The number of rotatable bonds is 2. The van der Waals surface area contributed by atoms with Gasteiger partial charge in [0.15, 0.2) is 0 Å². The maximum absolute atomic E-state index is 13.5. The molecule has 2 aromatic carbocycles. The predicted molar refractivity (Wildman–Crippen MR) is 86.2 cm³/mol. The lowest BCUT2D eigenvalue weighted by atomic mass is 10.0. The number of carbonyl (C=O) groups is 1. The number of aryl methyl sites for hydroxylation is 2. The van der Waals surface area contributed by atoms with Crippen molar-refractivity contribution in [1.29, 1.82) is 0 Å². The number of aromatic nitrogens is 2. The van der Waals surface area contributed by atoms with E-state index in [0.717, 1.165) is 17.7 Å². The highest BCUT2D eigenvalue weighted by Crippen LogP contribution is 2.30. The number of carbonyl (C=O) groups excluding carboxylic acids is 1. The highest BCUT2D eigenvalue weighted by molar-refractivity contribution is 6.07. The van der Waals surface area contributed by atoms with Crippen LogP contribution in [0.4, 0.5) is 17.6 Å². The first-order chi connectivity index (χ1) is 12.5. The molecule has 0 aliphatic heterocycles. The number of nitrogens with zero attached hydrogens (tertiary/aromatic N) is 2. The van der Waals surface area contributed by atoms with Gasteiger partial charge >= 0.3 is 17.6 Å². The third-order valence-corrected chi connectivity index (χ3v) is 4.26. The first-order valence-corrected chi connectivity index (χ1v) is 7.70. The zero-order chi connectivity index (χ0) is 20.1. The fraction of sp³-hybridized carbons (Fsp3) is 0.167. The molecule has 9 heteroatoms. The SMILES string of the molecule is Cc1ccc(C(=O)c2c(C(F)(F)F)[n+]([O-])c3ccc(F)cc3[n+]2[O-])cc1C. The molecule has 3 aromatic rings. The maximum atomic E-state index is 13.5. The monoisotopic (exact) mass is 380 g/mol. The number of halogens is 4. The normalized spacial score (nSPS) is 11.8. The van der Waals surface area contributed by atoms with E-state index in [-0.39, 0.29) is 10.3 Å². The van der Waals surface area contributed by atoms with Gasteiger partial charge in [0.25, 0.3) is 16.8 Å². The lowest BCUT2D eigenvalue weighted by molar-refractivity contribution is -0.647.